The molecular weight excluding hydrogens is 451 g/mol. The molecule has 2 aromatic carbocycles. The molecule has 1 N–H and O–H groups in total. The summed E-state index contributed by atoms with van der Waals surface area (Å²) in [4.78, 5) is 12.2. The summed E-state index contributed by atoms with van der Waals surface area (Å²) < 4.78 is 69.2. The number of benzene rings is 2. The molecule has 0 aliphatic rings. The van der Waals surface area contributed by atoms with Gasteiger partial charge in [0.25, 0.3) is 5.91 Å². The van der Waals surface area contributed by atoms with E-state index in [1.54, 1.807) is 6.92 Å². The standard InChI is InChI=1S/C23H18ClF5N2O/c1-13(2)12-19(24)31-11-10-17(23(27,28)29)21(31)14-6-8-15(9-7-14)30-22(32)16-4-3-5-18(25)20(16)26/h3-11,19H,1,12H2,2H3,(H,30,32). The van der Waals surface area contributed by atoms with Crippen molar-refractivity contribution in [1.29, 1.82) is 0 Å². The van der Waals surface area contributed by atoms with Gasteiger partial charge in [0.1, 0.15) is 5.50 Å². The van der Waals surface area contributed by atoms with Gasteiger partial charge in [-0.15, -0.1) is 6.58 Å². The molecule has 1 heterocycles. The van der Waals surface area contributed by atoms with Crippen LogP contribution in [0.2, 0.25) is 0 Å². The van der Waals surface area contributed by atoms with Crippen molar-refractivity contribution >= 4 is 23.2 Å². The molecule has 0 saturated carbocycles. The molecular formula is C23H18ClF5N2O. The summed E-state index contributed by atoms with van der Waals surface area (Å²) in [6.45, 7) is 5.47. The second kappa shape index (κ2) is 9.16. The molecule has 3 nitrogen and oxygen atoms in total. The zero-order valence-electron chi connectivity index (χ0n) is 16.8. The number of allylic oxidation sites excluding steroid dienone is 1. The number of hydrogen-bond donors (Lipinski definition) is 1. The van der Waals surface area contributed by atoms with Crippen molar-refractivity contribution in [3.63, 3.8) is 0 Å². The summed E-state index contributed by atoms with van der Waals surface area (Å²) in [6.07, 6.45) is -3.07. The van der Waals surface area contributed by atoms with Gasteiger partial charge in [0, 0.05) is 18.3 Å². The monoisotopic (exact) mass is 468 g/mol. The molecule has 9 heteroatoms. The molecule has 0 bridgehead atoms. The predicted octanol–water partition coefficient (Wildman–Crippen LogP) is 7.41. The van der Waals surface area contributed by atoms with Gasteiger partial charge in [0.2, 0.25) is 0 Å². The molecule has 1 amide bonds. The van der Waals surface area contributed by atoms with Gasteiger partial charge in [-0.25, -0.2) is 8.78 Å². The van der Waals surface area contributed by atoms with Gasteiger partial charge in [0.15, 0.2) is 11.6 Å². The number of carbonyl (C=O) groups excluding carboxylic acids is 1. The maximum Gasteiger partial charge on any atom is 0.418 e. The highest BCUT2D eigenvalue weighted by Crippen LogP contribution is 2.41. The van der Waals surface area contributed by atoms with Crippen molar-refractivity contribution in [3.8, 4) is 11.3 Å². The van der Waals surface area contributed by atoms with Gasteiger partial charge >= 0.3 is 6.18 Å². The van der Waals surface area contributed by atoms with Crippen LogP contribution in [-0.2, 0) is 6.18 Å². The Morgan fingerprint density at radius 3 is 2.38 bits per heavy atom. The molecule has 3 aromatic rings. The van der Waals surface area contributed by atoms with Crippen molar-refractivity contribution in [2.45, 2.75) is 25.0 Å². The lowest BCUT2D eigenvalue weighted by Gasteiger charge is -2.18. The Labute approximate surface area is 186 Å². The normalized spacial score (nSPS) is 12.5. The second-order valence-electron chi connectivity index (χ2n) is 7.21. The molecule has 0 saturated heterocycles. The molecule has 0 radical (unpaired) electrons. The molecule has 1 aromatic heterocycles. The van der Waals surface area contributed by atoms with Gasteiger partial charge in [-0.05, 0) is 42.8 Å². The quantitative estimate of drug-likeness (QED) is 0.228. The fourth-order valence-electron chi connectivity index (χ4n) is 3.19. The molecule has 0 aliphatic carbocycles. The first-order chi connectivity index (χ1) is 15.0. The smallest absolute Gasteiger partial charge is 0.330 e. The Kier molecular flexibility index (Phi) is 6.74. The van der Waals surface area contributed by atoms with E-state index in [1.807, 2.05) is 0 Å². The van der Waals surface area contributed by atoms with Crippen LogP contribution in [0.4, 0.5) is 27.6 Å². The van der Waals surface area contributed by atoms with E-state index in [4.69, 9.17) is 11.6 Å². The number of alkyl halides is 4. The number of nitrogens with one attached hydrogen (secondary N) is 1. The SMILES string of the molecule is C=C(C)CC(Cl)n1ccc(C(F)(F)F)c1-c1ccc(NC(=O)c2cccc(F)c2F)cc1. The summed E-state index contributed by atoms with van der Waals surface area (Å²) in [5.41, 5.74) is -1.15. The Balaban J connectivity index is 1.93. The van der Waals surface area contributed by atoms with E-state index in [0.29, 0.717) is 5.57 Å². The van der Waals surface area contributed by atoms with E-state index in [2.05, 4.69) is 11.9 Å². The molecule has 0 fully saturated rings. The highest BCUT2D eigenvalue weighted by molar-refractivity contribution is 6.19. The Morgan fingerprint density at radius 2 is 1.78 bits per heavy atom. The average molecular weight is 469 g/mol. The third kappa shape index (κ3) is 5.02. The molecule has 0 aliphatic heterocycles. The number of nitrogens with zero attached hydrogens (tertiary/aromatic N) is 1. The van der Waals surface area contributed by atoms with E-state index in [0.717, 1.165) is 18.2 Å². The van der Waals surface area contributed by atoms with Crippen LogP contribution in [0.25, 0.3) is 11.3 Å². The van der Waals surface area contributed by atoms with Crippen LogP contribution < -0.4 is 5.32 Å². The summed E-state index contributed by atoms with van der Waals surface area (Å²) >= 11 is 6.33. The Morgan fingerprint density at radius 1 is 1.12 bits per heavy atom. The van der Waals surface area contributed by atoms with Crippen LogP contribution in [0.1, 0.15) is 34.8 Å². The summed E-state index contributed by atoms with van der Waals surface area (Å²) in [6, 6.07) is 9.63. The molecule has 1 atom stereocenters. The van der Waals surface area contributed by atoms with Gasteiger partial charge < -0.3 is 9.88 Å². The average Bonchev–Trinajstić information content (AvgIpc) is 3.16. The minimum absolute atomic E-state index is 0.132. The van der Waals surface area contributed by atoms with Gasteiger partial charge in [-0.3, -0.25) is 4.79 Å². The largest absolute Gasteiger partial charge is 0.418 e. The molecule has 1 unspecified atom stereocenters. The van der Waals surface area contributed by atoms with Crippen molar-refractivity contribution in [2.75, 3.05) is 5.32 Å². The van der Waals surface area contributed by atoms with E-state index in [1.165, 1.54) is 41.1 Å². The highest BCUT2D eigenvalue weighted by Gasteiger charge is 2.36. The Bertz CT molecular complexity index is 1150. The maximum atomic E-state index is 13.8. The lowest BCUT2D eigenvalue weighted by molar-refractivity contribution is -0.137. The van der Waals surface area contributed by atoms with E-state index in [-0.39, 0.29) is 23.4 Å². The van der Waals surface area contributed by atoms with E-state index < -0.39 is 40.3 Å². The molecule has 3 rings (SSSR count). The zero-order valence-corrected chi connectivity index (χ0v) is 17.6. The van der Waals surface area contributed by atoms with Gasteiger partial charge in [-0.1, -0.05) is 35.4 Å². The topological polar surface area (TPSA) is 34.0 Å². The van der Waals surface area contributed by atoms with Gasteiger partial charge in [-0.2, -0.15) is 13.2 Å². The zero-order chi connectivity index (χ0) is 23.6. The second-order valence-corrected chi connectivity index (χ2v) is 7.72. The number of halogens is 6. The predicted molar refractivity (Wildman–Crippen MR) is 114 cm³/mol. The number of carbonyl (C=O) groups is 1. The van der Waals surface area contributed by atoms with Crippen molar-refractivity contribution in [3.05, 3.63) is 89.6 Å². The first-order valence-corrected chi connectivity index (χ1v) is 9.85. The lowest BCUT2D eigenvalue weighted by atomic mass is 10.1. The van der Waals surface area contributed by atoms with Crippen LogP contribution in [0.3, 0.4) is 0 Å². The lowest BCUT2D eigenvalue weighted by Crippen LogP contribution is -2.14. The summed E-state index contributed by atoms with van der Waals surface area (Å²) in [7, 11) is 0. The fraction of sp³-hybridized carbons (Fsp3) is 0.174. The number of aromatic nitrogens is 1. The van der Waals surface area contributed by atoms with E-state index >= 15 is 0 Å². The summed E-state index contributed by atoms with van der Waals surface area (Å²) in [5, 5.41) is 2.39. The molecule has 168 valence electrons. The fourth-order valence-corrected chi connectivity index (χ4v) is 3.62. The molecule has 32 heavy (non-hydrogen) atoms. The number of hydrogen-bond acceptors (Lipinski definition) is 1. The van der Waals surface area contributed by atoms with Crippen LogP contribution in [-0.4, -0.2) is 10.5 Å². The number of anilines is 1. The van der Waals surface area contributed by atoms with Gasteiger partial charge in [0.05, 0.1) is 16.8 Å². The summed E-state index contributed by atoms with van der Waals surface area (Å²) in [5.74, 6) is -3.35. The Hall–Kier alpha value is -3.13. The van der Waals surface area contributed by atoms with Crippen LogP contribution in [0.5, 0.6) is 0 Å². The number of amides is 1. The van der Waals surface area contributed by atoms with Crippen molar-refractivity contribution in [1.82, 2.24) is 4.57 Å². The van der Waals surface area contributed by atoms with Crippen LogP contribution in [0.15, 0.2) is 66.9 Å². The molecule has 0 spiro atoms. The first-order valence-electron chi connectivity index (χ1n) is 9.41. The van der Waals surface area contributed by atoms with Crippen molar-refractivity contribution in [2.24, 2.45) is 0 Å². The third-order valence-electron chi connectivity index (χ3n) is 4.65. The third-order valence-corrected chi connectivity index (χ3v) is 5.02. The minimum Gasteiger partial charge on any atom is -0.330 e. The van der Waals surface area contributed by atoms with Crippen molar-refractivity contribution < 1.29 is 26.7 Å². The maximum absolute atomic E-state index is 13.8. The number of rotatable bonds is 6. The van der Waals surface area contributed by atoms with Crippen LogP contribution in [0, 0.1) is 11.6 Å². The highest BCUT2D eigenvalue weighted by atomic mass is 35.5. The van der Waals surface area contributed by atoms with Crippen LogP contribution >= 0.6 is 11.6 Å². The minimum atomic E-state index is -4.61. The first kappa shape index (κ1) is 23.5. The van der Waals surface area contributed by atoms with E-state index in [9.17, 15) is 26.7 Å².